The first-order chi connectivity index (χ1) is 10.5. The zero-order valence-corrected chi connectivity index (χ0v) is 12.9. The summed E-state index contributed by atoms with van der Waals surface area (Å²) in [6.45, 7) is 4.98. The quantitative estimate of drug-likeness (QED) is 0.845. The number of rotatable bonds is 6. The van der Waals surface area contributed by atoms with Crippen molar-refractivity contribution in [3.63, 3.8) is 0 Å². The molecule has 0 bridgehead atoms. The van der Waals surface area contributed by atoms with E-state index in [2.05, 4.69) is 19.2 Å². The monoisotopic (exact) mass is 299 g/mol. The molecule has 0 spiro atoms. The minimum atomic E-state index is -0.223. The average Bonchev–Trinajstić information content (AvgIpc) is 2.47. The Morgan fingerprint density at radius 1 is 1.18 bits per heavy atom. The van der Waals surface area contributed by atoms with Crippen LogP contribution in [0.25, 0.3) is 0 Å². The third-order valence-corrected chi connectivity index (χ3v) is 3.18. The molecule has 0 radical (unpaired) electrons. The SMILES string of the molecule is CC(C)CCOc1ccc(C(=O)Nc2cccc(O)c2)cc1. The van der Waals surface area contributed by atoms with Crippen LogP contribution in [0.3, 0.4) is 0 Å². The summed E-state index contributed by atoms with van der Waals surface area (Å²) >= 11 is 0. The molecule has 4 heteroatoms. The lowest BCUT2D eigenvalue weighted by Crippen LogP contribution is -2.11. The second kappa shape index (κ2) is 7.50. The Morgan fingerprint density at radius 3 is 2.55 bits per heavy atom. The van der Waals surface area contributed by atoms with Crippen molar-refractivity contribution in [3.8, 4) is 11.5 Å². The molecule has 0 heterocycles. The molecule has 0 aliphatic carbocycles. The molecule has 116 valence electrons. The van der Waals surface area contributed by atoms with Crippen LogP contribution in [0.2, 0.25) is 0 Å². The molecule has 2 N–H and O–H groups in total. The second-order valence-corrected chi connectivity index (χ2v) is 5.56. The predicted molar refractivity (Wildman–Crippen MR) is 87.5 cm³/mol. The van der Waals surface area contributed by atoms with Gasteiger partial charge in [-0.15, -0.1) is 0 Å². The van der Waals surface area contributed by atoms with Gasteiger partial charge in [-0.05, 0) is 48.7 Å². The van der Waals surface area contributed by atoms with Gasteiger partial charge in [-0.1, -0.05) is 19.9 Å². The number of amides is 1. The average molecular weight is 299 g/mol. The van der Waals surface area contributed by atoms with Crippen molar-refractivity contribution >= 4 is 11.6 Å². The first-order valence-corrected chi connectivity index (χ1v) is 7.38. The van der Waals surface area contributed by atoms with Crippen molar-refractivity contribution in [1.29, 1.82) is 0 Å². The van der Waals surface area contributed by atoms with Crippen molar-refractivity contribution in [2.45, 2.75) is 20.3 Å². The van der Waals surface area contributed by atoms with Gasteiger partial charge < -0.3 is 15.2 Å². The van der Waals surface area contributed by atoms with Gasteiger partial charge in [-0.3, -0.25) is 4.79 Å². The Kier molecular flexibility index (Phi) is 5.42. The number of hydrogen-bond acceptors (Lipinski definition) is 3. The Morgan fingerprint density at radius 2 is 1.91 bits per heavy atom. The van der Waals surface area contributed by atoms with E-state index < -0.39 is 0 Å². The largest absolute Gasteiger partial charge is 0.508 e. The van der Waals surface area contributed by atoms with E-state index in [1.165, 1.54) is 6.07 Å². The van der Waals surface area contributed by atoms with E-state index in [9.17, 15) is 9.90 Å². The standard InChI is InChI=1S/C18H21NO3/c1-13(2)10-11-22-17-8-6-14(7-9-17)18(21)19-15-4-3-5-16(20)12-15/h3-9,12-13,20H,10-11H2,1-2H3,(H,19,21). The molecule has 4 nitrogen and oxygen atoms in total. The normalized spacial score (nSPS) is 10.5. The van der Waals surface area contributed by atoms with E-state index in [0.29, 0.717) is 23.8 Å². The summed E-state index contributed by atoms with van der Waals surface area (Å²) in [5.74, 6) is 1.26. The summed E-state index contributed by atoms with van der Waals surface area (Å²) in [7, 11) is 0. The maximum absolute atomic E-state index is 12.1. The van der Waals surface area contributed by atoms with Crippen LogP contribution in [0.1, 0.15) is 30.6 Å². The molecule has 0 fully saturated rings. The first kappa shape index (κ1) is 15.9. The van der Waals surface area contributed by atoms with Crippen molar-refractivity contribution in [2.75, 3.05) is 11.9 Å². The number of benzene rings is 2. The number of anilines is 1. The van der Waals surface area contributed by atoms with Crippen LogP contribution in [-0.2, 0) is 0 Å². The number of nitrogens with one attached hydrogen (secondary N) is 1. The Bertz CT molecular complexity index is 620. The van der Waals surface area contributed by atoms with Crippen LogP contribution in [0, 0.1) is 5.92 Å². The van der Waals surface area contributed by atoms with Gasteiger partial charge in [-0.2, -0.15) is 0 Å². The Balaban J connectivity index is 1.93. The van der Waals surface area contributed by atoms with Gasteiger partial charge in [0.05, 0.1) is 6.61 Å². The van der Waals surface area contributed by atoms with Crippen molar-refractivity contribution in [3.05, 3.63) is 54.1 Å². The molecular weight excluding hydrogens is 278 g/mol. The maximum atomic E-state index is 12.1. The van der Waals surface area contributed by atoms with E-state index >= 15 is 0 Å². The highest BCUT2D eigenvalue weighted by Gasteiger charge is 2.07. The van der Waals surface area contributed by atoms with Crippen LogP contribution < -0.4 is 10.1 Å². The molecule has 2 rings (SSSR count). The number of phenolic OH excluding ortho intramolecular Hbond substituents is 1. The summed E-state index contributed by atoms with van der Waals surface area (Å²) in [6.07, 6.45) is 1.000. The Labute approximate surface area is 130 Å². The van der Waals surface area contributed by atoms with Gasteiger partial charge in [0.1, 0.15) is 11.5 Å². The molecule has 1 amide bonds. The van der Waals surface area contributed by atoms with Crippen LogP contribution >= 0.6 is 0 Å². The maximum Gasteiger partial charge on any atom is 0.255 e. The van der Waals surface area contributed by atoms with E-state index in [0.717, 1.165) is 12.2 Å². The highest BCUT2D eigenvalue weighted by atomic mass is 16.5. The number of hydrogen-bond donors (Lipinski definition) is 2. The van der Waals surface area contributed by atoms with Gasteiger partial charge in [0, 0.05) is 17.3 Å². The third kappa shape index (κ3) is 4.81. The lowest BCUT2D eigenvalue weighted by molar-refractivity contribution is 0.102. The van der Waals surface area contributed by atoms with E-state index in [4.69, 9.17) is 4.74 Å². The molecule has 0 saturated carbocycles. The highest BCUT2D eigenvalue weighted by Crippen LogP contribution is 2.18. The van der Waals surface area contributed by atoms with Gasteiger partial charge in [-0.25, -0.2) is 0 Å². The number of ether oxygens (including phenoxy) is 1. The van der Waals surface area contributed by atoms with E-state index in [-0.39, 0.29) is 11.7 Å². The number of carbonyl (C=O) groups is 1. The molecule has 22 heavy (non-hydrogen) atoms. The molecule has 0 aliphatic heterocycles. The van der Waals surface area contributed by atoms with Crippen molar-refractivity contribution in [1.82, 2.24) is 0 Å². The molecule has 0 saturated heterocycles. The summed E-state index contributed by atoms with van der Waals surface area (Å²) in [5, 5.41) is 12.1. The van der Waals surface area contributed by atoms with Gasteiger partial charge in [0.2, 0.25) is 0 Å². The summed E-state index contributed by atoms with van der Waals surface area (Å²) in [6, 6.07) is 13.5. The highest BCUT2D eigenvalue weighted by molar-refractivity contribution is 6.04. The first-order valence-electron chi connectivity index (χ1n) is 7.38. The van der Waals surface area contributed by atoms with E-state index in [1.54, 1.807) is 42.5 Å². The zero-order chi connectivity index (χ0) is 15.9. The van der Waals surface area contributed by atoms with Crippen LogP contribution in [0.15, 0.2) is 48.5 Å². The lowest BCUT2D eigenvalue weighted by Gasteiger charge is -2.09. The summed E-state index contributed by atoms with van der Waals surface area (Å²) in [4.78, 5) is 12.1. The molecule has 0 aromatic heterocycles. The Hall–Kier alpha value is -2.49. The second-order valence-electron chi connectivity index (χ2n) is 5.56. The number of carbonyl (C=O) groups excluding carboxylic acids is 1. The molecule has 0 unspecified atom stereocenters. The fourth-order valence-corrected chi connectivity index (χ4v) is 1.90. The molecule has 2 aromatic carbocycles. The van der Waals surface area contributed by atoms with Gasteiger partial charge >= 0.3 is 0 Å². The minimum Gasteiger partial charge on any atom is -0.508 e. The molecule has 0 aliphatic rings. The minimum absolute atomic E-state index is 0.117. The number of phenols is 1. The smallest absolute Gasteiger partial charge is 0.255 e. The van der Waals surface area contributed by atoms with Gasteiger partial charge in [0.15, 0.2) is 0 Å². The molecule has 0 atom stereocenters. The molecule has 2 aromatic rings. The summed E-state index contributed by atoms with van der Waals surface area (Å²) < 4.78 is 5.62. The van der Waals surface area contributed by atoms with Crippen LogP contribution in [0.5, 0.6) is 11.5 Å². The summed E-state index contributed by atoms with van der Waals surface area (Å²) in [5.41, 5.74) is 1.10. The fraction of sp³-hybridized carbons (Fsp3) is 0.278. The number of aromatic hydroxyl groups is 1. The van der Waals surface area contributed by atoms with Crippen LogP contribution in [-0.4, -0.2) is 17.6 Å². The molecular formula is C18H21NO3. The topological polar surface area (TPSA) is 58.6 Å². The van der Waals surface area contributed by atoms with Crippen LogP contribution in [0.4, 0.5) is 5.69 Å². The van der Waals surface area contributed by atoms with Crippen molar-refractivity contribution < 1.29 is 14.6 Å². The zero-order valence-electron chi connectivity index (χ0n) is 12.9. The van der Waals surface area contributed by atoms with Crippen molar-refractivity contribution in [2.24, 2.45) is 5.92 Å². The van der Waals surface area contributed by atoms with E-state index in [1.807, 2.05) is 0 Å². The third-order valence-electron chi connectivity index (χ3n) is 3.18. The predicted octanol–water partition coefficient (Wildman–Crippen LogP) is 4.07. The van der Waals surface area contributed by atoms with Gasteiger partial charge in [0.25, 0.3) is 5.91 Å². The fourth-order valence-electron chi connectivity index (χ4n) is 1.90. The lowest BCUT2D eigenvalue weighted by atomic mass is 10.1.